The Labute approximate surface area is 121 Å². The van der Waals surface area contributed by atoms with Crippen molar-refractivity contribution in [1.82, 2.24) is 5.32 Å². The SMILES string of the molecule is CCCOc1cccc(C(Cc2ccoc2)NCC)c1. The Balaban J connectivity index is 2.11. The minimum absolute atomic E-state index is 0.280. The molecule has 1 aromatic carbocycles. The molecule has 0 fully saturated rings. The first-order valence-corrected chi connectivity index (χ1v) is 7.30. The smallest absolute Gasteiger partial charge is 0.119 e. The van der Waals surface area contributed by atoms with Crippen LogP contribution >= 0.6 is 0 Å². The molecule has 3 heteroatoms. The number of rotatable bonds is 8. The highest BCUT2D eigenvalue weighted by Crippen LogP contribution is 2.23. The van der Waals surface area contributed by atoms with E-state index in [-0.39, 0.29) is 6.04 Å². The summed E-state index contributed by atoms with van der Waals surface area (Å²) in [5, 5.41) is 3.52. The van der Waals surface area contributed by atoms with Crippen LogP contribution < -0.4 is 10.1 Å². The van der Waals surface area contributed by atoms with Crippen molar-refractivity contribution in [3.05, 3.63) is 54.0 Å². The van der Waals surface area contributed by atoms with Gasteiger partial charge in [0.15, 0.2) is 0 Å². The Morgan fingerprint density at radius 2 is 2.15 bits per heavy atom. The third-order valence-electron chi connectivity index (χ3n) is 3.20. The predicted octanol–water partition coefficient (Wildman–Crippen LogP) is 3.96. The minimum Gasteiger partial charge on any atom is -0.494 e. The second kappa shape index (κ2) is 7.75. The van der Waals surface area contributed by atoms with Crippen molar-refractivity contribution in [2.24, 2.45) is 0 Å². The van der Waals surface area contributed by atoms with Gasteiger partial charge in [-0.25, -0.2) is 0 Å². The lowest BCUT2D eigenvalue weighted by atomic mass is 10.0. The maximum absolute atomic E-state index is 5.71. The number of furan rings is 1. The Bertz CT molecular complexity index is 493. The maximum atomic E-state index is 5.71. The molecule has 0 aliphatic heterocycles. The molecular weight excluding hydrogens is 250 g/mol. The number of likely N-dealkylation sites (N-methyl/N-ethyl adjacent to an activating group) is 1. The second-order valence-electron chi connectivity index (χ2n) is 4.87. The van der Waals surface area contributed by atoms with Gasteiger partial charge in [-0.1, -0.05) is 26.0 Å². The first-order chi connectivity index (χ1) is 9.83. The summed E-state index contributed by atoms with van der Waals surface area (Å²) in [6.07, 6.45) is 5.47. The van der Waals surface area contributed by atoms with Crippen LogP contribution in [0.5, 0.6) is 5.75 Å². The molecule has 0 saturated heterocycles. The van der Waals surface area contributed by atoms with E-state index in [1.165, 1.54) is 11.1 Å². The van der Waals surface area contributed by atoms with E-state index in [2.05, 4.69) is 37.4 Å². The molecule has 1 unspecified atom stereocenters. The van der Waals surface area contributed by atoms with Crippen molar-refractivity contribution >= 4 is 0 Å². The van der Waals surface area contributed by atoms with Gasteiger partial charge in [0.1, 0.15) is 5.75 Å². The first kappa shape index (κ1) is 14.7. The van der Waals surface area contributed by atoms with E-state index < -0.39 is 0 Å². The van der Waals surface area contributed by atoms with Crippen LogP contribution in [0.4, 0.5) is 0 Å². The van der Waals surface area contributed by atoms with Crippen molar-refractivity contribution in [2.45, 2.75) is 32.7 Å². The molecule has 108 valence electrons. The second-order valence-corrected chi connectivity index (χ2v) is 4.87. The van der Waals surface area contributed by atoms with Crippen LogP contribution in [0, 0.1) is 0 Å². The maximum Gasteiger partial charge on any atom is 0.119 e. The summed E-state index contributed by atoms with van der Waals surface area (Å²) in [5.74, 6) is 0.944. The molecule has 20 heavy (non-hydrogen) atoms. The summed E-state index contributed by atoms with van der Waals surface area (Å²) in [7, 11) is 0. The van der Waals surface area contributed by atoms with Crippen LogP contribution in [0.3, 0.4) is 0 Å². The van der Waals surface area contributed by atoms with Crippen LogP contribution in [0.25, 0.3) is 0 Å². The van der Waals surface area contributed by atoms with Crippen LogP contribution in [0.2, 0.25) is 0 Å². The number of hydrogen-bond donors (Lipinski definition) is 1. The summed E-state index contributed by atoms with van der Waals surface area (Å²) in [5.41, 5.74) is 2.46. The van der Waals surface area contributed by atoms with Crippen LogP contribution in [-0.2, 0) is 6.42 Å². The van der Waals surface area contributed by atoms with E-state index in [1.54, 1.807) is 6.26 Å². The van der Waals surface area contributed by atoms with Gasteiger partial charge in [-0.05, 0) is 48.7 Å². The van der Waals surface area contributed by atoms with Crippen molar-refractivity contribution in [3.63, 3.8) is 0 Å². The number of ether oxygens (including phenoxy) is 1. The molecule has 0 radical (unpaired) electrons. The summed E-state index contributed by atoms with van der Waals surface area (Å²) in [6.45, 7) is 5.93. The molecule has 1 N–H and O–H groups in total. The van der Waals surface area contributed by atoms with Gasteiger partial charge in [-0.3, -0.25) is 0 Å². The molecule has 2 aromatic rings. The quantitative estimate of drug-likeness (QED) is 0.790. The highest BCUT2D eigenvalue weighted by atomic mass is 16.5. The fraction of sp³-hybridized carbons (Fsp3) is 0.412. The lowest BCUT2D eigenvalue weighted by Gasteiger charge is -2.18. The van der Waals surface area contributed by atoms with Gasteiger partial charge in [0, 0.05) is 6.04 Å². The summed E-state index contributed by atoms with van der Waals surface area (Å²) in [4.78, 5) is 0. The van der Waals surface area contributed by atoms with Gasteiger partial charge < -0.3 is 14.5 Å². The van der Waals surface area contributed by atoms with Crippen LogP contribution in [0.15, 0.2) is 47.3 Å². The van der Waals surface area contributed by atoms with Crippen LogP contribution in [-0.4, -0.2) is 13.2 Å². The van der Waals surface area contributed by atoms with E-state index in [1.807, 2.05) is 18.4 Å². The number of hydrogen-bond acceptors (Lipinski definition) is 3. The van der Waals surface area contributed by atoms with Gasteiger partial charge in [-0.2, -0.15) is 0 Å². The highest BCUT2D eigenvalue weighted by molar-refractivity contribution is 5.31. The van der Waals surface area contributed by atoms with Gasteiger partial charge >= 0.3 is 0 Å². The average molecular weight is 273 g/mol. The Kier molecular flexibility index (Phi) is 5.69. The van der Waals surface area contributed by atoms with Crippen molar-refractivity contribution in [2.75, 3.05) is 13.2 Å². The molecule has 0 saturated carbocycles. The average Bonchev–Trinajstić information content (AvgIpc) is 2.98. The molecule has 1 atom stereocenters. The van der Waals surface area contributed by atoms with Crippen molar-refractivity contribution in [1.29, 1.82) is 0 Å². The highest BCUT2D eigenvalue weighted by Gasteiger charge is 2.12. The predicted molar refractivity (Wildman–Crippen MR) is 81.1 cm³/mol. The Morgan fingerprint density at radius 3 is 2.85 bits per heavy atom. The molecule has 3 nitrogen and oxygen atoms in total. The van der Waals surface area contributed by atoms with Crippen molar-refractivity contribution < 1.29 is 9.15 Å². The number of benzene rings is 1. The monoisotopic (exact) mass is 273 g/mol. The van der Waals surface area contributed by atoms with Crippen molar-refractivity contribution in [3.8, 4) is 5.75 Å². The first-order valence-electron chi connectivity index (χ1n) is 7.30. The van der Waals surface area contributed by atoms with Gasteiger partial charge in [0.2, 0.25) is 0 Å². The molecule has 1 aromatic heterocycles. The Morgan fingerprint density at radius 1 is 1.25 bits per heavy atom. The van der Waals surface area contributed by atoms with E-state index in [0.717, 1.165) is 31.7 Å². The van der Waals surface area contributed by atoms with E-state index in [4.69, 9.17) is 9.15 Å². The standard InChI is InChI=1S/C17H23NO2/c1-3-9-20-16-7-5-6-15(12-16)17(18-4-2)11-14-8-10-19-13-14/h5-8,10,12-13,17-18H,3-4,9,11H2,1-2H3. The molecule has 0 bridgehead atoms. The minimum atomic E-state index is 0.280. The van der Waals surface area contributed by atoms with Gasteiger partial charge in [-0.15, -0.1) is 0 Å². The van der Waals surface area contributed by atoms with E-state index >= 15 is 0 Å². The zero-order valence-electron chi connectivity index (χ0n) is 12.3. The summed E-state index contributed by atoms with van der Waals surface area (Å²) in [6, 6.07) is 10.6. The largest absolute Gasteiger partial charge is 0.494 e. The van der Waals surface area contributed by atoms with Crippen LogP contribution in [0.1, 0.15) is 37.4 Å². The topological polar surface area (TPSA) is 34.4 Å². The zero-order chi connectivity index (χ0) is 14.2. The molecular formula is C17H23NO2. The third kappa shape index (κ3) is 4.14. The molecule has 0 amide bonds. The van der Waals surface area contributed by atoms with Gasteiger partial charge in [0.25, 0.3) is 0 Å². The number of nitrogens with one attached hydrogen (secondary N) is 1. The van der Waals surface area contributed by atoms with E-state index in [9.17, 15) is 0 Å². The molecule has 0 aliphatic carbocycles. The summed E-state index contributed by atoms with van der Waals surface area (Å²) < 4.78 is 10.9. The lowest BCUT2D eigenvalue weighted by Crippen LogP contribution is -2.22. The summed E-state index contributed by atoms with van der Waals surface area (Å²) >= 11 is 0. The third-order valence-corrected chi connectivity index (χ3v) is 3.20. The molecule has 2 rings (SSSR count). The van der Waals surface area contributed by atoms with Gasteiger partial charge in [0.05, 0.1) is 19.1 Å². The fourth-order valence-corrected chi connectivity index (χ4v) is 2.24. The fourth-order valence-electron chi connectivity index (χ4n) is 2.24. The Hall–Kier alpha value is -1.74. The zero-order valence-corrected chi connectivity index (χ0v) is 12.3. The lowest BCUT2D eigenvalue weighted by molar-refractivity contribution is 0.316. The molecule has 0 aliphatic rings. The molecule has 0 spiro atoms. The molecule has 1 heterocycles. The normalized spacial score (nSPS) is 12.3. The van der Waals surface area contributed by atoms with E-state index in [0.29, 0.717) is 0 Å².